The summed E-state index contributed by atoms with van der Waals surface area (Å²) in [5.74, 6) is -0.394. The van der Waals surface area contributed by atoms with Crippen molar-refractivity contribution in [2.75, 3.05) is 5.32 Å². The van der Waals surface area contributed by atoms with Crippen LogP contribution in [-0.2, 0) is 6.61 Å². The average Bonchev–Trinajstić information content (AvgIpc) is 3.20. The number of nitrogens with zero attached hydrogens (tertiary/aromatic N) is 4. The summed E-state index contributed by atoms with van der Waals surface area (Å²) in [5.41, 5.74) is 9.18. The number of imidazole rings is 1. The van der Waals surface area contributed by atoms with E-state index in [1.54, 1.807) is 6.07 Å². The number of nitrogens with two attached hydrogens (primary N) is 1. The third kappa shape index (κ3) is 3.84. The lowest BCUT2D eigenvalue weighted by molar-refractivity contribution is 0.0991. The number of aromatic amines is 1. The maximum absolute atomic E-state index is 11.6. The summed E-state index contributed by atoms with van der Waals surface area (Å²) in [6.07, 6.45) is 4.25. The Hall–Kier alpha value is -4.53. The van der Waals surface area contributed by atoms with E-state index in [1.165, 1.54) is 6.20 Å². The van der Waals surface area contributed by atoms with Crippen molar-refractivity contribution < 1.29 is 9.53 Å². The minimum Gasteiger partial charge on any atom is -0.460 e. The lowest BCUT2D eigenvalue weighted by atomic mass is 10.2. The number of rotatable bonds is 6. The van der Waals surface area contributed by atoms with E-state index < -0.39 is 5.91 Å². The van der Waals surface area contributed by atoms with E-state index in [2.05, 4.69) is 36.4 Å². The smallest absolute Gasteiger partial charge is 0.294 e. The standard InChI is InChI=1S/C22H16N7O2/c23-19(30)21-26-18-11-24-9-8-15(18)20(29-21)25-14-6-7-16-17(10-14)28-22(27-16)31-12-13-4-2-1-3-5-13/h1-8,10-11H,12H2,(H2,23,30)(H,27,28)(H,25,26,29). The Morgan fingerprint density at radius 2 is 1.97 bits per heavy atom. The molecule has 31 heavy (non-hydrogen) atoms. The summed E-state index contributed by atoms with van der Waals surface area (Å²) in [4.78, 5) is 31.6. The molecule has 1 amide bonds. The first kappa shape index (κ1) is 18.5. The SMILES string of the molecule is NC(=O)c1nc(Nc2ccc3[nH]c(OCc4ccccc4)nc3c2)c2c[c]ncc2n1. The second-order valence-corrected chi connectivity index (χ2v) is 6.76. The van der Waals surface area contributed by atoms with Crippen molar-refractivity contribution in [3.05, 3.63) is 78.4 Å². The predicted octanol–water partition coefficient (Wildman–Crippen LogP) is 3.12. The molecule has 0 saturated heterocycles. The summed E-state index contributed by atoms with van der Waals surface area (Å²) in [6, 6.07) is 17.5. The van der Waals surface area contributed by atoms with Crippen molar-refractivity contribution in [2.45, 2.75) is 6.61 Å². The summed E-state index contributed by atoms with van der Waals surface area (Å²) in [6.45, 7) is 0.416. The maximum atomic E-state index is 11.6. The molecule has 5 rings (SSSR count). The van der Waals surface area contributed by atoms with Gasteiger partial charge in [-0.2, -0.15) is 4.98 Å². The molecular weight excluding hydrogens is 394 g/mol. The number of nitrogens with one attached hydrogen (secondary N) is 2. The molecule has 9 nitrogen and oxygen atoms in total. The summed E-state index contributed by atoms with van der Waals surface area (Å²) in [7, 11) is 0. The van der Waals surface area contributed by atoms with Crippen molar-refractivity contribution in [2.24, 2.45) is 5.73 Å². The number of fused-ring (bicyclic) bond motifs is 2. The Morgan fingerprint density at radius 1 is 1.10 bits per heavy atom. The van der Waals surface area contributed by atoms with Crippen LogP contribution < -0.4 is 15.8 Å². The van der Waals surface area contributed by atoms with Gasteiger partial charge in [-0.1, -0.05) is 30.3 Å². The summed E-state index contributed by atoms with van der Waals surface area (Å²) >= 11 is 0. The number of primary amides is 1. The number of pyridine rings is 1. The minimum atomic E-state index is -0.722. The largest absolute Gasteiger partial charge is 0.460 e. The molecule has 3 aromatic heterocycles. The van der Waals surface area contributed by atoms with Crippen LogP contribution in [0.3, 0.4) is 0 Å². The van der Waals surface area contributed by atoms with Gasteiger partial charge >= 0.3 is 0 Å². The number of H-pyrrole nitrogens is 1. The fourth-order valence-corrected chi connectivity index (χ4v) is 3.12. The number of carbonyl (C=O) groups is 1. The van der Waals surface area contributed by atoms with Gasteiger partial charge in [-0.05, 0) is 29.8 Å². The summed E-state index contributed by atoms with van der Waals surface area (Å²) in [5, 5.41) is 3.86. The van der Waals surface area contributed by atoms with Gasteiger partial charge in [0, 0.05) is 11.1 Å². The molecule has 151 valence electrons. The molecular formula is C22H16N7O2. The first-order valence-corrected chi connectivity index (χ1v) is 9.43. The predicted molar refractivity (Wildman–Crippen MR) is 115 cm³/mol. The van der Waals surface area contributed by atoms with Gasteiger partial charge in [0.1, 0.15) is 12.4 Å². The van der Waals surface area contributed by atoms with Gasteiger partial charge in [-0.15, -0.1) is 0 Å². The van der Waals surface area contributed by atoms with Crippen molar-refractivity contribution in [3.63, 3.8) is 0 Å². The van der Waals surface area contributed by atoms with Crippen molar-refractivity contribution in [3.8, 4) is 6.01 Å². The van der Waals surface area contributed by atoms with E-state index in [1.807, 2.05) is 48.5 Å². The first-order valence-electron chi connectivity index (χ1n) is 9.43. The zero-order valence-electron chi connectivity index (χ0n) is 16.2. The number of benzene rings is 2. The fourth-order valence-electron chi connectivity index (χ4n) is 3.12. The number of amides is 1. The summed E-state index contributed by atoms with van der Waals surface area (Å²) < 4.78 is 5.76. The minimum absolute atomic E-state index is 0.0968. The molecule has 0 spiro atoms. The molecule has 0 aliphatic rings. The zero-order chi connectivity index (χ0) is 21.2. The van der Waals surface area contributed by atoms with Gasteiger partial charge in [0.2, 0.25) is 5.82 Å². The Kier molecular flexibility index (Phi) is 4.60. The van der Waals surface area contributed by atoms with Crippen LogP contribution in [0, 0.1) is 6.20 Å². The van der Waals surface area contributed by atoms with Gasteiger partial charge in [-0.3, -0.25) is 9.78 Å². The van der Waals surface area contributed by atoms with Crippen molar-refractivity contribution in [1.29, 1.82) is 0 Å². The maximum Gasteiger partial charge on any atom is 0.294 e. The molecule has 0 aliphatic carbocycles. The normalized spacial score (nSPS) is 11.0. The van der Waals surface area contributed by atoms with Crippen LogP contribution in [0.1, 0.15) is 16.2 Å². The van der Waals surface area contributed by atoms with E-state index >= 15 is 0 Å². The number of anilines is 2. The molecule has 0 unspecified atom stereocenters. The topological polar surface area (TPSA) is 132 Å². The van der Waals surface area contributed by atoms with Crippen LogP contribution in [0.4, 0.5) is 11.5 Å². The zero-order valence-corrected chi connectivity index (χ0v) is 16.2. The second-order valence-electron chi connectivity index (χ2n) is 6.76. The fraction of sp³-hybridized carbons (Fsp3) is 0.0455. The Bertz CT molecular complexity index is 1400. The van der Waals surface area contributed by atoms with Gasteiger partial charge in [0.25, 0.3) is 11.9 Å². The van der Waals surface area contributed by atoms with Crippen LogP contribution in [0.15, 0.2) is 60.8 Å². The van der Waals surface area contributed by atoms with Crippen LogP contribution in [0.5, 0.6) is 6.01 Å². The quantitative estimate of drug-likeness (QED) is 0.392. The molecule has 2 aromatic carbocycles. The van der Waals surface area contributed by atoms with E-state index in [9.17, 15) is 4.79 Å². The Balaban J connectivity index is 1.43. The number of carbonyl (C=O) groups excluding carboxylic acids is 1. The molecule has 0 fully saturated rings. The number of hydrogen-bond donors (Lipinski definition) is 3. The highest BCUT2D eigenvalue weighted by Gasteiger charge is 2.13. The molecule has 0 bridgehead atoms. The lowest BCUT2D eigenvalue weighted by Gasteiger charge is -2.09. The van der Waals surface area contributed by atoms with Gasteiger partial charge in [-0.25, -0.2) is 9.97 Å². The molecule has 0 aliphatic heterocycles. The molecule has 1 radical (unpaired) electrons. The molecule has 3 heterocycles. The Labute approximate surface area is 176 Å². The molecule has 0 atom stereocenters. The Morgan fingerprint density at radius 3 is 2.81 bits per heavy atom. The van der Waals surface area contributed by atoms with Crippen molar-refractivity contribution >= 4 is 39.3 Å². The monoisotopic (exact) mass is 410 g/mol. The second kappa shape index (κ2) is 7.71. The van der Waals surface area contributed by atoms with Crippen LogP contribution in [0.2, 0.25) is 0 Å². The van der Waals surface area contributed by atoms with Gasteiger partial charge in [0.05, 0.1) is 28.9 Å². The molecule has 9 heteroatoms. The molecule has 4 N–H and O–H groups in total. The highest BCUT2D eigenvalue weighted by Crippen LogP contribution is 2.26. The first-order chi connectivity index (χ1) is 15.2. The highest BCUT2D eigenvalue weighted by atomic mass is 16.5. The lowest BCUT2D eigenvalue weighted by Crippen LogP contribution is -2.16. The van der Waals surface area contributed by atoms with Crippen LogP contribution >= 0.6 is 0 Å². The van der Waals surface area contributed by atoms with Crippen LogP contribution in [-0.4, -0.2) is 30.8 Å². The number of ether oxygens (including phenoxy) is 1. The van der Waals surface area contributed by atoms with Gasteiger partial charge in [0.15, 0.2) is 0 Å². The van der Waals surface area contributed by atoms with E-state index in [0.717, 1.165) is 22.3 Å². The van der Waals surface area contributed by atoms with Crippen molar-refractivity contribution in [1.82, 2.24) is 24.9 Å². The van der Waals surface area contributed by atoms with E-state index in [-0.39, 0.29) is 5.82 Å². The number of hydrogen-bond acceptors (Lipinski definition) is 7. The third-order valence-corrected chi connectivity index (χ3v) is 4.61. The average molecular weight is 410 g/mol. The number of aromatic nitrogens is 5. The highest BCUT2D eigenvalue weighted by molar-refractivity contribution is 5.96. The third-order valence-electron chi connectivity index (χ3n) is 4.61. The molecule has 5 aromatic rings. The van der Waals surface area contributed by atoms with E-state index in [0.29, 0.717) is 29.3 Å². The van der Waals surface area contributed by atoms with Crippen LogP contribution in [0.25, 0.3) is 21.9 Å². The van der Waals surface area contributed by atoms with Gasteiger partial charge < -0.3 is 20.8 Å². The molecule has 0 saturated carbocycles. The van der Waals surface area contributed by atoms with E-state index in [4.69, 9.17) is 10.5 Å².